The van der Waals surface area contributed by atoms with Crippen molar-refractivity contribution in [1.29, 1.82) is 0 Å². The highest BCUT2D eigenvalue weighted by atomic mass is 16.4. The Bertz CT molecular complexity index is 1080. The van der Waals surface area contributed by atoms with E-state index in [0.29, 0.717) is 22.3 Å². The van der Waals surface area contributed by atoms with Gasteiger partial charge in [0.15, 0.2) is 0 Å². The van der Waals surface area contributed by atoms with Crippen LogP contribution in [0.25, 0.3) is 11.0 Å². The van der Waals surface area contributed by atoms with Gasteiger partial charge in [0.2, 0.25) is 5.91 Å². The lowest BCUT2D eigenvalue weighted by atomic mass is 10.1. The van der Waals surface area contributed by atoms with Crippen LogP contribution in [0.1, 0.15) is 29.8 Å². The maximum absolute atomic E-state index is 12.6. The third kappa shape index (κ3) is 4.06. The third-order valence-corrected chi connectivity index (χ3v) is 4.16. The van der Waals surface area contributed by atoms with Crippen LogP contribution in [0.5, 0.6) is 0 Å². The molecule has 3 aromatic rings. The molecule has 1 heterocycles. The molecule has 0 unspecified atom stereocenters. The molecule has 6 heteroatoms. The second kappa shape index (κ2) is 7.45. The second-order valence-electron chi connectivity index (χ2n) is 6.61. The lowest BCUT2D eigenvalue weighted by molar-refractivity contribution is -0.118. The Morgan fingerprint density at radius 1 is 1.00 bits per heavy atom. The van der Waals surface area contributed by atoms with E-state index in [2.05, 4.69) is 10.6 Å². The van der Waals surface area contributed by atoms with Gasteiger partial charge in [-0.2, -0.15) is 0 Å². The Balaban J connectivity index is 1.89. The lowest BCUT2D eigenvalue weighted by Crippen LogP contribution is -2.21. The molecule has 6 nitrogen and oxygen atoms in total. The number of rotatable bonds is 4. The van der Waals surface area contributed by atoms with Crippen LogP contribution in [0, 0.1) is 12.8 Å². The average Bonchev–Trinajstić information content (AvgIpc) is 2.63. The predicted molar refractivity (Wildman–Crippen MR) is 105 cm³/mol. The number of para-hydroxylation sites is 1. The van der Waals surface area contributed by atoms with Crippen LogP contribution >= 0.6 is 0 Å². The van der Waals surface area contributed by atoms with Crippen molar-refractivity contribution >= 4 is 34.2 Å². The van der Waals surface area contributed by atoms with Gasteiger partial charge in [-0.05, 0) is 36.8 Å². The molecule has 0 atom stereocenters. The van der Waals surface area contributed by atoms with Crippen molar-refractivity contribution in [3.8, 4) is 0 Å². The van der Waals surface area contributed by atoms with Gasteiger partial charge in [-0.3, -0.25) is 9.59 Å². The monoisotopic (exact) mass is 364 g/mol. The standard InChI is InChI=1S/C21H20N2O4/c1-12(2)19(24)22-15-9-8-13(3)17(11-15)23-20(25)16-10-14-6-4-5-7-18(14)27-21(16)26/h4-12H,1-3H3,(H,22,24)(H,23,25). The minimum Gasteiger partial charge on any atom is -0.422 e. The van der Waals surface area contributed by atoms with E-state index >= 15 is 0 Å². The van der Waals surface area contributed by atoms with Crippen molar-refractivity contribution in [3.05, 3.63) is 70.1 Å². The first-order valence-electron chi connectivity index (χ1n) is 8.61. The van der Waals surface area contributed by atoms with Crippen molar-refractivity contribution in [2.45, 2.75) is 20.8 Å². The van der Waals surface area contributed by atoms with E-state index in [1.165, 1.54) is 6.07 Å². The highest BCUT2D eigenvalue weighted by Gasteiger charge is 2.15. The molecule has 1 aromatic heterocycles. The molecule has 0 aliphatic heterocycles. The quantitative estimate of drug-likeness (QED) is 0.686. The molecule has 0 aliphatic carbocycles. The molecule has 0 bridgehead atoms. The maximum atomic E-state index is 12.6. The second-order valence-corrected chi connectivity index (χ2v) is 6.61. The Morgan fingerprint density at radius 2 is 1.74 bits per heavy atom. The van der Waals surface area contributed by atoms with Gasteiger partial charge in [0, 0.05) is 22.7 Å². The molecule has 0 saturated carbocycles. The van der Waals surface area contributed by atoms with Gasteiger partial charge in [0.05, 0.1) is 0 Å². The third-order valence-electron chi connectivity index (χ3n) is 4.16. The Kier molecular flexibility index (Phi) is 5.07. The number of anilines is 2. The molecule has 2 amide bonds. The van der Waals surface area contributed by atoms with Gasteiger partial charge in [-0.25, -0.2) is 4.79 Å². The van der Waals surface area contributed by atoms with E-state index < -0.39 is 11.5 Å². The van der Waals surface area contributed by atoms with Crippen LogP contribution in [0.4, 0.5) is 11.4 Å². The molecule has 2 aromatic carbocycles. The van der Waals surface area contributed by atoms with E-state index in [-0.39, 0.29) is 17.4 Å². The first kappa shape index (κ1) is 18.4. The molecular formula is C21H20N2O4. The van der Waals surface area contributed by atoms with E-state index in [1.807, 2.05) is 6.92 Å². The van der Waals surface area contributed by atoms with E-state index in [9.17, 15) is 14.4 Å². The summed E-state index contributed by atoms with van der Waals surface area (Å²) < 4.78 is 5.21. The van der Waals surface area contributed by atoms with Crippen LogP contribution in [0.2, 0.25) is 0 Å². The first-order chi connectivity index (χ1) is 12.8. The predicted octanol–water partition coefficient (Wildman–Crippen LogP) is 3.95. The zero-order chi connectivity index (χ0) is 19.6. The van der Waals surface area contributed by atoms with E-state index in [0.717, 1.165) is 5.56 Å². The summed E-state index contributed by atoms with van der Waals surface area (Å²) in [5, 5.41) is 6.18. The fraction of sp³-hybridized carbons (Fsp3) is 0.190. The molecule has 0 saturated heterocycles. The van der Waals surface area contributed by atoms with Crippen molar-refractivity contribution in [2.75, 3.05) is 10.6 Å². The summed E-state index contributed by atoms with van der Waals surface area (Å²) in [5.74, 6) is -0.845. The summed E-state index contributed by atoms with van der Waals surface area (Å²) in [5.41, 5.74) is 1.52. The number of aryl methyl sites for hydroxylation is 1. The smallest absolute Gasteiger partial charge is 0.349 e. The number of nitrogens with one attached hydrogen (secondary N) is 2. The van der Waals surface area contributed by atoms with Crippen LogP contribution < -0.4 is 16.3 Å². The van der Waals surface area contributed by atoms with Gasteiger partial charge >= 0.3 is 5.63 Å². The zero-order valence-corrected chi connectivity index (χ0v) is 15.3. The molecular weight excluding hydrogens is 344 g/mol. The number of carbonyl (C=O) groups is 2. The van der Waals surface area contributed by atoms with Gasteiger partial charge in [-0.1, -0.05) is 38.1 Å². The van der Waals surface area contributed by atoms with Gasteiger partial charge in [0.1, 0.15) is 11.1 Å². The number of hydrogen-bond acceptors (Lipinski definition) is 4. The van der Waals surface area contributed by atoms with Gasteiger partial charge < -0.3 is 15.1 Å². The maximum Gasteiger partial charge on any atom is 0.349 e. The topological polar surface area (TPSA) is 88.4 Å². The molecule has 138 valence electrons. The Morgan fingerprint density at radius 3 is 2.48 bits per heavy atom. The summed E-state index contributed by atoms with van der Waals surface area (Å²) in [6.07, 6.45) is 0. The molecule has 0 fully saturated rings. The van der Waals surface area contributed by atoms with Gasteiger partial charge in [-0.15, -0.1) is 0 Å². The molecule has 2 N–H and O–H groups in total. The van der Waals surface area contributed by atoms with Crippen molar-refractivity contribution in [3.63, 3.8) is 0 Å². The van der Waals surface area contributed by atoms with Crippen LogP contribution in [0.15, 0.2) is 57.7 Å². The minimum absolute atomic E-state index is 0.0790. The molecule has 27 heavy (non-hydrogen) atoms. The number of carbonyl (C=O) groups excluding carboxylic acids is 2. The minimum atomic E-state index is -0.701. The summed E-state index contributed by atoms with van der Waals surface area (Å²) in [6, 6.07) is 13.7. The summed E-state index contributed by atoms with van der Waals surface area (Å²) in [4.78, 5) is 36.6. The average molecular weight is 364 g/mol. The summed E-state index contributed by atoms with van der Waals surface area (Å²) in [7, 11) is 0. The van der Waals surface area contributed by atoms with Crippen LogP contribution in [0.3, 0.4) is 0 Å². The summed E-state index contributed by atoms with van der Waals surface area (Å²) >= 11 is 0. The van der Waals surface area contributed by atoms with Crippen LogP contribution in [-0.2, 0) is 4.79 Å². The highest BCUT2D eigenvalue weighted by molar-refractivity contribution is 6.06. The normalized spacial score (nSPS) is 10.8. The molecule has 3 rings (SSSR count). The highest BCUT2D eigenvalue weighted by Crippen LogP contribution is 2.22. The van der Waals surface area contributed by atoms with Crippen molar-refractivity contribution in [1.82, 2.24) is 0 Å². The largest absolute Gasteiger partial charge is 0.422 e. The van der Waals surface area contributed by atoms with Crippen molar-refractivity contribution in [2.24, 2.45) is 5.92 Å². The molecule has 0 radical (unpaired) electrons. The zero-order valence-electron chi connectivity index (χ0n) is 15.3. The van der Waals surface area contributed by atoms with E-state index in [1.54, 1.807) is 56.3 Å². The van der Waals surface area contributed by atoms with Crippen molar-refractivity contribution < 1.29 is 14.0 Å². The molecule has 0 spiro atoms. The fourth-order valence-corrected chi connectivity index (χ4v) is 2.53. The number of benzene rings is 2. The van der Waals surface area contributed by atoms with Gasteiger partial charge in [0.25, 0.3) is 5.91 Å². The number of amides is 2. The SMILES string of the molecule is Cc1ccc(NC(=O)C(C)C)cc1NC(=O)c1cc2ccccc2oc1=O. The Labute approximate surface area is 156 Å². The molecule has 0 aliphatic rings. The lowest BCUT2D eigenvalue weighted by Gasteiger charge is -2.12. The summed E-state index contributed by atoms with van der Waals surface area (Å²) in [6.45, 7) is 5.42. The fourth-order valence-electron chi connectivity index (χ4n) is 2.53. The number of hydrogen-bond donors (Lipinski definition) is 2. The first-order valence-corrected chi connectivity index (χ1v) is 8.61. The van der Waals surface area contributed by atoms with Crippen LogP contribution in [-0.4, -0.2) is 11.8 Å². The van der Waals surface area contributed by atoms with E-state index in [4.69, 9.17) is 4.42 Å². The number of fused-ring (bicyclic) bond motifs is 1. The Hall–Kier alpha value is -3.41.